The quantitative estimate of drug-likeness (QED) is 0.741. The van der Waals surface area contributed by atoms with E-state index in [1.807, 2.05) is 0 Å². The molecule has 0 aliphatic carbocycles. The third-order valence-electron chi connectivity index (χ3n) is 2.92. The minimum absolute atomic E-state index is 0.816. The fourth-order valence-electron chi connectivity index (χ4n) is 2.38. The number of hydrogen-bond donors (Lipinski definition) is 1. The zero-order chi connectivity index (χ0) is 9.97. The lowest BCUT2D eigenvalue weighted by Gasteiger charge is -2.08. The van der Waals surface area contributed by atoms with Gasteiger partial charge in [-0.15, -0.1) is 0 Å². The van der Waals surface area contributed by atoms with Gasteiger partial charge in [-0.1, -0.05) is 0 Å². The van der Waals surface area contributed by atoms with E-state index in [1.165, 1.54) is 31.4 Å². The van der Waals surface area contributed by atoms with Gasteiger partial charge in [0.05, 0.1) is 12.6 Å². The molecule has 1 atom stereocenters. The molecule has 0 aromatic carbocycles. The van der Waals surface area contributed by atoms with E-state index >= 15 is 0 Å². The predicted octanol–water partition coefficient (Wildman–Crippen LogP) is 0.967. The number of aromatic nitrogens is 1. The molecule has 1 aliphatic heterocycles. The molecule has 76 valence electrons. The van der Waals surface area contributed by atoms with E-state index in [0.717, 1.165) is 17.4 Å². The molecule has 14 heavy (non-hydrogen) atoms. The third kappa shape index (κ3) is 2.32. The van der Waals surface area contributed by atoms with E-state index in [2.05, 4.69) is 36.3 Å². The van der Waals surface area contributed by atoms with E-state index in [1.54, 1.807) is 0 Å². The Labute approximate surface area is 85.7 Å². The van der Waals surface area contributed by atoms with Gasteiger partial charge in [0.25, 0.3) is 0 Å². The summed E-state index contributed by atoms with van der Waals surface area (Å²) in [7, 11) is 0. The first-order chi connectivity index (χ1) is 6.74. The lowest BCUT2D eigenvalue weighted by atomic mass is 10.0. The van der Waals surface area contributed by atoms with E-state index in [9.17, 15) is 0 Å². The molecule has 2 N–H and O–H groups in total. The van der Waals surface area contributed by atoms with E-state index in [-0.39, 0.29) is 0 Å². The largest absolute Gasteiger partial charge is 0.344 e. The van der Waals surface area contributed by atoms with E-state index in [4.69, 9.17) is 0 Å². The van der Waals surface area contributed by atoms with Crippen LogP contribution in [-0.2, 0) is 6.42 Å². The van der Waals surface area contributed by atoms with Gasteiger partial charge in [-0.3, -0.25) is 4.98 Å². The zero-order valence-corrected chi connectivity index (χ0v) is 9.09. The van der Waals surface area contributed by atoms with Crippen LogP contribution in [0.25, 0.3) is 0 Å². The molecule has 0 bridgehead atoms. The van der Waals surface area contributed by atoms with Crippen molar-refractivity contribution in [2.75, 3.05) is 6.54 Å². The van der Waals surface area contributed by atoms with Crippen molar-refractivity contribution < 1.29 is 5.32 Å². The normalized spacial score (nSPS) is 21.4. The summed E-state index contributed by atoms with van der Waals surface area (Å²) in [5, 5.41) is 2.48. The smallest absolute Gasteiger partial charge is 0.0902 e. The maximum Gasteiger partial charge on any atom is 0.0902 e. The van der Waals surface area contributed by atoms with Gasteiger partial charge in [-0.25, -0.2) is 0 Å². The lowest BCUT2D eigenvalue weighted by Crippen LogP contribution is -2.87. The van der Waals surface area contributed by atoms with Gasteiger partial charge in [0.2, 0.25) is 0 Å². The van der Waals surface area contributed by atoms with Crippen molar-refractivity contribution in [3.8, 4) is 0 Å². The van der Waals surface area contributed by atoms with Crippen molar-refractivity contribution in [3.63, 3.8) is 0 Å². The van der Waals surface area contributed by atoms with Gasteiger partial charge in [0.1, 0.15) is 0 Å². The molecule has 0 spiro atoms. The Morgan fingerprint density at radius 1 is 1.36 bits per heavy atom. The van der Waals surface area contributed by atoms with Crippen LogP contribution < -0.4 is 5.32 Å². The molecular formula is C12H19N2+. The van der Waals surface area contributed by atoms with E-state index < -0.39 is 0 Å². The van der Waals surface area contributed by atoms with Crippen LogP contribution in [-0.4, -0.2) is 17.6 Å². The number of hydrogen-bond acceptors (Lipinski definition) is 1. The fraction of sp³-hybridized carbons (Fsp3) is 0.583. The van der Waals surface area contributed by atoms with Crippen molar-refractivity contribution in [2.24, 2.45) is 0 Å². The topological polar surface area (TPSA) is 29.5 Å². The summed E-state index contributed by atoms with van der Waals surface area (Å²) >= 11 is 0. The summed E-state index contributed by atoms with van der Waals surface area (Å²) in [6.07, 6.45) is 3.97. The zero-order valence-electron chi connectivity index (χ0n) is 9.09. The minimum Gasteiger partial charge on any atom is -0.344 e. The highest BCUT2D eigenvalue weighted by Gasteiger charge is 2.18. The molecule has 0 unspecified atom stereocenters. The maximum atomic E-state index is 4.40. The molecule has 2 rings (SSSR count). The average Bonchev–Trinajstić information content (AvgIpc) is 2.54. The second-order valence-electron chi connectivity index (χ2n) is 4.39. The molecule has 1 aliphatic rings. The Morgan fingerprint density at radius 3 is 2.64 bits per heavy atom. The summed E-state index contributed by atoms with van der Waals surface area (Å²) < 4.78 is 0. The standard InChI is InChI=1S/C12H18N2/c1-9-6-11(7-10(2)14-9)8-12-4-3-5-13-12/h6-7,12-13H,3-5,8H2,1-2H3/p+1/t12-/m1/s1. The molecule has 0 amide bonds. The molecular weight excluding hydrogens is 172 g/mol. The lowest BCUT2D eigenvalue weighted by molar-refractivity contribution is -0.669. The Bertz CT molecular complexity index is 294. The van der Waals surface area contributed by atoms with Gasteiger partial charge in [-0.05, 0) is 31.5 Å². The first-order valence-electron chi connectivity index (χ1n) is 5.51. The predicted molar refractivity (Wildman–Crippen MR) is 57.2 cm³/mol. The van der Waals surface area contributed by atoms with Gasteiger partial charge in [-0.2, -0.15) is 0 Å². The molecule has 2 heterocycles. The summed E-state index contributed by atoms with van der Waals surface area (Å²) in [6, 6.07) is 5.26. The third-order valence-corrected chi connectivity index (χ3v) is 2.92. The number of pyridine rings is 1. The van der Waals surface area contributed by atoms with Crippen LogP contribution in [0.3, 0.4) is 0 Å². The molecule has 1 fully saturated rings. The number of rotatable bonds is 2. The van der Waals surface area contributed by atoms with Crippen molar-refractivity contribution in [2.45, 2.75) is 39.2 Å². The molecule has 1 saturated heterocycles. The van der Waals surface area contributed by atoms with Crippen LogP contribution in [0.2, 0.25) is 0 Å². The van der Waals surface area contributed by atoms with E-state index in [0.29, 0.717) is 0 Å². The second-order valence-corrected chi connectivity index (χ2v) is 4.39. The Balaban J connectivity index is 2.07. The molecule has 1 aromatic heterocycles. The Hall–Kier alpha value is -0.890. The number of quaternary nitrogens is 1. The molecule has 1 aromatic rings. The monoisotopic (exact) mass is 191 g/mol. The van der Waals surface area contributed by atoms with Crippen LogP contribution >= 0.6 is 0 Å². The average molecular weight is 191 g/mol. The molecule has 0 radical (unpaired) electrons. The highest BCUT2D eigenvalue weighted by atomic mass is 14.9. The number of aryl methyl sites for hydroxylation is 2. The van der Waals surface area contributed by atoms with Gasteiger partial charge in [0, 0.05) is 30.7 Å². The summed E-state index contributed by atoms with van der Waals surface area (Å²) in [6.45, 7) is 5.47. The first kappa shape index (κ1) is 9.66. The summed E-state index contributed by atoms with van der Waals surface area (Å²) in [5.41, 5.74) is 3.76. The molecule has 2 nitrogen and oxygen atoms in total. The van der Waals surface area contributed by atoms with Crippen molar-refractivity contribution >= 4 is 0 Å². The Kier molecular flexibility index (Phi) is 2.82. The second kappa shape index (κ2) is 4.09. The SMILES string of the molecule is Cc1cc(C[C@H]2CCC[NH2+]2)cc(C)n1. The van der Waals surface area contributed by atoms with Crippen LogP contribution in [0.1, 0.15) is 29.8 Å². The van der Waals surface area contributed by atoms with Crippen LogP contribution in [0, 0.1) is 13.8 Å². The van der Waals surface area contributed by atoms with Gasteiger partial charge in [0.15, 0.2) is 0 Å². The first-order valence-corrected chi connectivity index (χ1v) is 5.51. The summed E-state index contributed by atoms with van der Waals surface area (Å²) in [5.74, 6) is 0. The van der Waals surface area contributed by atoms with Crippen molar-refractivity contribution in [1.82, 2.24) is 4.98 Å². The minimum atomic E-state index is 0.816. The van der Waals surface area contributed by atoms with Gasteiger partial charge < -0.3 is 5.32 Å². The molecule has 0 saturated carbocycles. The van der Waals surface area contributed by atoms with Crippen LogP contribution in [0.4, 0.5) is 0 Å². The van der Waals surface area contributed by atoms with Crippen molar-refractivity contribution in [3.05, 3.63) is 29.1 Å². The van der Waals surface area contributed by atoms with Crippen molar-refractivity contribution in [1.29, 1.82) is 0 Å². The van der Waals surface area contributed by atoms with Crippen LogP contribution in [0.5, 0.6) is 0 Å². The summed E-state index contributed by atoms with van der Waals surface area (Å²) in [4.78, 5) is 4.40. The Morgan fingerprint density at radius 2 is 2.07 bits per heavy atom. The fourth-order valence-corrected chi connectivity index (χ4v) is 2.38. The number of nitrogens with zero attached hydrogens (tertiary/aromatic N) is 1. The van der Waals surface area contributed by atoms with Gasteiger partial charge >= 0.3 is 0 Å². The molecule has 2 heteroatoms. The highest BCUT2D eigenvalue weighted by Crippen LogP contribution is 2.10. The maximum absolute atomic E-state index is 4.40. The highest BCUT2D eigenvalue weighted by molar-refractivity contribution is 5.20. The van der Waals surface area contributed by atoms with Crippen LogP contribution in [0.15, 0.2) is 12.1 Å². The number of nitrogens with two attached hydrogens (primary N) is 1.